The first kappa shape index (κ1) is 119. The fraction of sp³-hybridized carbons (Fsp3) is 0.923. The van der Waals surface area contributed by atoms with Crippen LogP contribution in [0.25, 0.3) is 0 Å². The van der Waals surface area contributed by atoms with Crippen molar-refractivity contribution in [1.82, 2.24) is 21.3 Å². The van der Waals surface area contributed by atoms with Crippen molar-refractivity contribution in [1.29, 1.82) is 0 Å². The second-order valence-electron chi connectivity index (χ2n) is 37.1. The number of carbonyl (C=O) groups is 5. The number of unbranched alkanes of at least 4 members (excludes halogenated alkanes) is 29. The zero-order chi connectivity index (χ0) is 99.9. The minimum atomic E-state index is -3.26. The molecule has 14 unspecified atom stereocenters. The van der Waals surface area contributed by atoms with Crippen LogP contribution in [0.3, 0.4) is 0 Å². The van der Waals surface area contributed by atoms with Gasteiger partial charge in [0.2, 0.25) is 23.6 Å². The van der Waals surface area contributed by atoms with Crippen molar-refractivity contribution in [3.63, 3.8) is 0 Å². The molecule has 45 heteroatoms. The smallest absolute Gasteiger partial charge is 0.364 e. The number of carboxylic acid groups (broad SMARTS) is 1. The monoisotopic (exact) mass is 1970 g/mol. The molecular weight excluding hydrogens is 1800 g/mol. The number of amides is 4. The molecule has 792 valence electrons. The predicted molar refractivity (Wildman–Crippen MR) is 474 cm³/mol. The van der Waals surface area contributed by atoms with E-state index in [-0.39, 0.29) is 6.42 Å². The number of ether oxygens (including phenoxy) is 14. The molecule has 0 aromatic carbocycles. The fourth-order valence-electron chi connectivity index (χ4n) is 18.3. The molecule has 7 aliphatic heterocycles. The third-order valence-electron chi connectivity index (χ3n) is 26.2. The van der Waals surface area contributed by atoms with E-state index < -0.39 is 321 Å². The summed E-state index contributed by atoms with van der Waals surface area (Å²) < 4.78 is 83.6. The minimum Gasteiger partial charge on any atom is -0.477 e. The van der Waals surface area contributed by atoms with Crippen LogP contribution in [0.2, 0.25) is 0 Å². The number of aliphatic hydroxyl groups is 21. The highest BCUT2D eigenvalue weighted by atomic mass is 16.8. The zero-order valence-corrected chi connectivity index (χ0v) is 79.1. The van der Waals surface area contributed by atoms with Crippen molar-refractivity contribution in [2.75, 3.05) is 52.9 Å². The molecule has 4 amide bonds. The summed E-state index contributed by atoms with van der Waals surface area (Å²) in [5, 5.41) is 259. The highest BCUT2D eigenvalue weighted by Gasteiger charge is 2.62. The number of carboxylic acids is 1. The summed E-state index contributed by atoms with van der Waals surface area (Å²) in [6, 6.07) is -6.51. The summed E-state index contributed by atoms with van der Waals surface area (Å²) >= 11 is 0. The van der Waals surface area contributed by atoms with Crippen LogP contribution in [0.15, 0.2) is 12.2 Å². The number of hydrogen-bond donors (Lipinski definition) is 26. The lowest BCUT2D eigenvalue weighted by atomic mass is 9.88. The first-order valence-corrected chi connectivity index (χ1v) is 49.1. The molecule has 0 spiro atoms. The number of rotatable bonds is 63. The first-order valence-electron chi connectivity index (χ1n) is 49.1. The van der Waals surface area contributed by atoms with Gasteiger partial charge in [-0.2, -0.15) is 0 Å². The van der Waals surface area contributed by atoms with Gasteiger partial charge in [-0.05, 0) is 19.3 Å². The topological polar surface area (TPSA) is 708 Å². The van der Waals surface area contributed by atoms with Crippen molar-refractivity contribution in [2.45, 2.75) is 479 Å². The van der Waals surface area contributed by atoms with Crippen molar-refractivity contribution in [2.24, 2.45) is 0 Å². The molecule has 0 saturated carbocycles. The predicted octanol–water partition coefficient (Wildman–Crippen LogP) is -3.69. The SMILES string of the molecule is CCCCCCCCCCCCC/C=C/[C@@H](O)[C@H](CO[C@@H]1OC(CO)[C@@H](O[C@@H]2OC(CO[C@@H]3OC(CO)[C@@H](O[C@@H]4OC(CO)[C@H](O)[C@H](O[C@]5(C(=O)O)CC(O)[C@@H](NC(C)=O)C([C@H](O)[C@H](O)CO)O5)C4O)[C@H](O)C3NC(C)=O)[C@H](O)[C@H](O[C@H]3OC(CO)[C@H](O)[C@H](O[C@@H]4OC(CO)[C@H](O)[C@H](O)C4NC(C)=O)C3O)C2O)[C@H](O)C1O)NC(=O)CCCCCCCCCCCCCCCCCCCCC. The van der Waals surface area contributed by atoms with E-state index in [0.717, 1.165) is 85.0 Å². The van der Waals surface area contributed by atoms with Crippen molar-refractivity contribution in [3.8, 4) is 0 Å². The van der Waals surface area contributed by atoms with E-state index in [1.807, 2.05) is 0 Å². The average Bonchev–Trinajstić information content (AvgIpc) is 0.747. The largest absolute Gasteiger partial charge is 0.477 e. The van der Waals surface area contributed by atoms with Gasteiger partial charge in [-0.15, -0.1) is 0 Å². The van der Waals surface area contributed by atoms with Crippen LogP contribution in [-0.4, -0.2) is 427 Å². The van der Waals surface area contributed by atoms with Gasteiger partial charge in [0.1, 0.15) is 165 Å². The van der Waals surface area contributed by atoms with Gasteiger partial charge in [0.25, 0.3) is 5.79 Å². The Hall–Kier alpha value is -4.31. The molecule has 0 aliphatic carbocycles. The highest BCUT2D eigenvalue weighted by Crippen LogP contribution is 2.41. The van der Waals surface area contributed by atoms with Crippen LogP contribution in [0.4, 0.5) is 0 Å². The molecule has 38 atom stereocenters. The second kappa shape index (κ2) is 61.7. The number of allylic oxidation sites excluding steroid dienone is 1. The van der Waals surface area contributed by atoms with Gasteiger partial charge in [-0.25, -0.2) is 4.79 Å². The van der Waals surface area contributed by atoms with Gasteiger partial charge in [0, 0.05) is 33.6 Å². The highest BCUT2D eigenvalue weighted by molar-refractivity contribution is 5.77. The third kappa shape index (κ3) is 35.3. The molecule has 7 rings (SSSR count). The molecule has 7 aliphatic rings. The summed E-state index contributed by atoms with van der Waals surface area (Å²) in [5.41, 5.74) is 0. The molecule has 7 fully saturated rings. The number of aliphatic carboxylic acids is 1. The maximum Gasteiger partial charge on any atom is 0.364 e. The summed E-state index contributed by atoms with van der Waals surface area (Å²) in [4.78, 5) is 65.0. The Labute approximate surface area is 794 Å². The van der Waals surface area contributed by atoms with Gasteiger partial charge >= 0.3 is 5.97 Å². The summed E-state index contributed by atoms with van der Waals surface area (Å²) in [6.07, 6.45) is -31.5. The van der Waals surface area contributed by atoms with Crippen LogP contribution in [0.5, 0.6) is 0 Å². The molecule has 136 heavy (non-hydrogen) atoms. The van der Waals surface area contributed by atoms with Crippen molar-refractivity contribution < 1.29 is 203 Å². The van der Waals surface area contributed by atoms with E-state index in [4.69, 9.17) is 66.3 Å². The summed E-state index contributed by atoms with van der Waals surface area (Å²) in [6.45, 7) is -0.933. The van der Waals surface area contributed by atoms with Gasteiger partial charge in [0.05, 0.1) is 77.1 Å². The molecule has 0 bridgehead atoms. The zero-order valence-electron chi connectivity index (χ0n) is 79.1. The maximum atomic E-state index is 13.8. The molecule has 0 aromatic rings. The van der Waals surface area contributed by atoms with Gasteiger partial charge in [-0.3, -0.25) is 19.2 Å². The number of hydrogen-bond acceptors (Lipinski definition) is 40. The Morgan fingerprint density at radius 2 is 0.765 bits per heavy atom. The van der Waals surface area contributed by atoms with Gasteiger partial charge in [-0.1, -0.05) is 206 Å². The van der Waals surface area contributed by atoms with Crippen molar-refractivity contribution >= 4 is 29.6 Å². The Balaban J connectivity index is 1.10. The number of nitrogens with one attached hydrogen (secondary N) is 4. The standard InChI is InChI=1S/C91H162N4O41/c1-6-8-10-12-14-16-18-20-21-22-23-24-25-27-29-31-33-35-37-39-62(108)95-52(53(105)38-36-34-32-30-28-26-19-17-15-13-11-9-7-2)47-123-86-74(117)73(116)79(60(46-101)129-86)132-88-76(119)82(134-87-75(118)81(68(111)57(43-98)126-87)133-85-64(93-50(4)103)71(114)67(110)56(42-97)125-85)70(113)61(130-88)48-124-84-65(94-51(5)104)72(115)78(59(45-100)128-84)131-89-77(120)83(69(112)58(44-99)127-89)136-91(90(121)122)40-54(106)63(92-49(3)102)80(135-91)66(109)55(107)41-96/h36,38,52-61,63-89,96-101,105-107,109-120H,6-35,37,39-48H2,1-5H3,(H,92,102)(H,93,103)(H,94,104)(H,95,108)(H,121,122)/b38-36+/t52-,53+,54?,55+,56?,57?,58?,59?,60?,61?,63+,64?,65?,66+,67-,68-,69-,70-,71+,72+,73+,74?,75?,76?,77?,78+,79+,80?,81-,82-,83-,84+,85-,86+,87+,88-,89-,91-/m0/s1. The lowest BCUT2D eigenvalue weighted by molar-refractivity contribution is -0.392. The number of carbonyl (C=O) groups excluding carboxylic acids is 4. The average molecular weight is 1970 g/mol. The Kier molecular flexibility index (Phi) is 53.9. The van der Waals surface area contributed by atoms with Gasteiger partial charge < -0.3 is 200 Å². The van der Waals surface area contributed by atoms with Crippen LogP contribution < -0.4 is 21.3 Å². The molecule has 26 N–H and O–H groups in total. The maximum absolute atomic E-state index is 13.8. The quantitative estimate of drug-likeness (QED) is 0.0206. The van der Waals surface area contributed by atoms with Crippen LogP contribution >= 0.6 is 0 Å². The van der Waals surface area contributed by atoms with Crippen LogP contribution in [-0.2, 0) is 90.3 Å². The molecule has 7 saturated heterocycles. The Bertz CT molecular complexity index is 3380. The number of aliphatic hydroxyl groups excluding tert-OH is 21. The van der Waals surface area contributed by atoms with Gasteiger partial charge in [0.15, 0.2) is 37.7 Å². The molecule has 0 radical (unpaired) electrons. The molecule has 0 aromatic heterocycles. The van der Waals surface area contributed by atoms with E-state index in [1.54, 1.807) is 6.08 Å². The summed E-state index contributed by atoms with van der Waals surface area (Å²) in [5.74, 6) is -8.38. The molecular formula is C91H162N4O41. The molecule has 7 heterocycles. The van der Waals surface area contributed by atoms with E-state index in [2.05, 4.69) is 35.1 Å². The van der Waals surface area contributed by atoms with Crippen molar-refractivity contribution in [3.05, 3.63) is 12.2 Å². The van der Waals surface area contributed by atoms with Crippen LogP contribution in [0, 0.1) is 0 Å². The van der Waals surface area contributed by atoms with Crippen LogP contribution in [0.1, 0.15) is 247 Å². The van der Waals surface area contributed by atoms with E-state index in [1.165, 1.54) is 128 Å². The van der Waals surface area contributed by atoms with E-state index in [9.17, 15) is 136 Å². The third-order valence-corrected chi connectivity index (χ3v) is 26.2. The minimum absolute atomic E-state index is 0.108. The van der Waals surface area contributed by atoms with E-state index >= 15 is 0 Å². The lowest BCUT2D eigenvalue weighted by Gasteiger charge is -2.51. The summed E-state index contributed by atoms with van der Waals surface area (Å²) in [7, 11) is 0. The first-order chi connectivity index (χ1) is 65.1. The Morgan fingerprint density at radius 1 is 0.390 bits per heavy atom. The second-order valence-corrected chi connectivity index (χ2v) is 37.1. The van der Waals surface area contributed by atoms with E-state index in [0.29, 0.717) is 12.8 Å². The molecule has 45 nitrogen and oxygen atoms in total. The normalized spacial score (nSPS) is 36.6. The lowest BCUT2D eigenvalue weighted by Crippen LogP contribution is -2.71. The fourth-order valence-corrected chi connectivity index (χ4v) is 18.3. The Morgan fingerprint density at radius 3 is 1.22 bits per heavy atom.